The smallest absolute Gasteiger partial charge is 0.195 e. The van der Waals surface area contributed by atoms with Crippen LogP contribution in [-0.2, 0) is 6.54 Å². The zero-order chi connectivity index (χ0) is 13.7. The van der Waals surface area contributed by atoms with Crippen LogP contribution in [-0.4, -0.2) is 51.1 Å². The molecular weight excluding hydrogens is 226 g/mol. The largest absolute Gasteiger partial charge is 0.496 e. The van der Waals surface area contributed by atoms with Crippen molar-refractivity contribution in [1.29, 1.82) is 0 Å². The molecule has 0 fully saturated rings. The Morgan fingerprint density at radius 1 is 1.17 bits per heavy atom. The zero-order valence-corrected chi connectivity index (χ0v) is 12.2. The molecule has 100 valence electrons. The summed E-state index contributed by atoms with van der Waals surface area (Å²) in [4.78, 5) is 8.62. The van der Waals surface area contributed by atoms with Gasteiger partial charge < -0.3 is 14.5 Å². The minimum Gasteiger partial charge on any atom is -0.496 e. The van der Waals surface area contributed by atoms with Crippen LogP contribution in [0.3, 0.4) is 0 Å². The number of aryl methyl sites for hydroxylation is 1. The van der Waals surface area contributed by atoms with Gasteiger partial charge >= 0.3 is 0 Å². The van der Waals surface area contributed by atoms with Gasteiger partial charge in [-0.3, -0.25) is 0 Å². The highest BCUT2D eigenvalue weighted by atomic mass is 16.5. The van der Waals surface area contributed by atoms with Crippen molar-refractivity contribution in [2.24, 2.45) is 4.99 Å². The second-order valence-electron chi connectivity index (χ2n) is 4.71. The normalized spacial score (nSPS) is 9.89. The minimum absolute atomic E-state index is 0.655. The van der Waals surface area contributed by atoms with E-state index >= 15 is 0 Å². The predicted molar refractivity (Wildman–Crippen MR) is 76.2 cm³/mol. The molecule has 18 heavy (non-hydrogen) atoms. The SMILES string of the molecule is COc1cc(CN=C(N(C)C)N(C)C)ccc1C. The molecule has 4 heteroatoms. The van der Waals surface area contributed by atoms with Gasteiger partial charge in [-0.05, 0) is 24.1 Å². The summed E-state index contributed by atoms with van der Waals surface area (Å²) in [6, 6.07) is 6.20. The molecule has 0 aliphatic rings. The van der Waals surface area contributed by atoms with Crippen LogP contribution in [0.25, 0.3) is 0 Å². The van der Waals surface area contributed by atoms with Gasteiger partial charge in [0, 0.05) is 28.2 Å². The van der Waals surface area contributed by atoms with Gasteiger partial charge in [0.25, 0.3) is 0 Å². The number of ether oxygens (including phenoxy) is 1. The van der Waals surface area contributed by atoms with Gasteiger partial charge in [-0.2, -0.15) is 0 Å². The first-order valence-corrected chi connectivity index (χ1v) is 5.98. The second-order valence-corrected chi connectivity index (χ2v) is 4.71. The van der Waals surface area contributed by atoms with Gasteiger partial charge in [-0.15, -0.1) is 0 Å². The molecule has 0 aliphatic carbocycles. The number of guanidine groups is 1. The summed E-state index contributed by atoms with van der Waals surface area (Å²) >= 11 is 0. The fraction of sp³-hybridized carbons (Fsp3) is 0.500. The molecule has 0 unspecified atom stereocenters. The van der Waals surface area contributed by atoms with Crippen molar-refractivity contribution in [3.8, 4) is 5.75 Å². The number of hydrogen-bond donors (Lipinski definition) is 0. The maximum Gasteiger partial charge on any atom is 0.195 e. The molecule has 0 radical (unpaired) electrons. The van der Waals surface area contributed by atoms with Gasteiger partial charge in [-0.1, -0.05) is 12.1 Å². The van der Waals surface area contributed by atoms with Crippen molar-refractivity contribution in [3.05, 3.63) is 29.3 Å². The summed E-state index contributed by atoms with van der Waals surface area (Å²) in [5, 5.41) is 0. The first-order valence-electron chi connectivity index (χ1n) is 5.98. The maximum atomic E-state index is 5.32. The van der Waals surface area contributed by atoms with Crippen LogP contribution in [0.5, 0.6) is 5.75 Å². The van der Waals surface area contributed by atoms with E-state index in [-0.39, 0.29) is 0 Å². The van der Waals surface area contributed by atoms with Crippen LogP contribution in [0, 0.1) is 6.92 Å². The third-order valence-electron chi connectivity index (χ3n) is 2.68. The highest BCUT2D eigenvalue weighted by Crippen LogP contribution is 2.19. The molecule has 0 bridgehead atoms. The van der Waals surface area contributed by atoms with Crippen molar-refractivity contribution in [1.82, 2.24) is 9.80 Å². The first-order chi connectivity index (χ1) is 8.45. The lowest BCUT2D eigenvalue weighted by Crippen LogP contribution is -2.35. The molecule has 0 saturated carbocycles. The van der Waals surface area contributed by atoms with E-state index in [0.29, 0.717) is 6.54 Å². The quantitative estimate of drug-likeness (QED) is 0.606. The molecule has 4 nitrogen and oxygen atoms in total. The molecule has 0 atom stereocenters. The lowest BCUT2D eigenvalue weighted by atomic mass is 10.1. The van der Waals surface area contributed by atoms with Crippen molar-refractivity contribution in [3.63, 3.8) is 0 Å². The van der Waals surface area contributed by atoms with E-state index in [4.69, 9.17) is 4.74 Å². The minimum atomic E-state index is 0.655. The Bertz CT molecular complexity index is 415. The summed E-state index contributed by atoms with van der Waals surface area (Å²) in [6.07, 6.45) is 0. The van der Waals surface area contributed by atoms with Crippen molar-refractivity contribution in [2.75, 3.05) is 35.3 Å². The second kappa shape index (κ2) is 6.28. The Morgan fingerprint density at radius 3 is 2.28 bits per heavy atom. The molecule has 0 aliphatic heterocycles. The Labute approximate surface area is 110 Å². The Balaban J connectivity index is 2.87. The third kappa shape index (κ3) is 3.65. The first kappa shape index (κ1) is 14.4. The number of aliphatic imine (C=N–C) groups is 1. The Morgan fingerprint density at radius 2 is 1.78 bits per heavy atom. The Kier molecular flexibility index (Phi) is 5.01. The van der Waals surface area contributed by atoms with Crippen LogP contribution in [0.2, 0.25) is 0 Å². The molecule has 0 heterocycles. The van der Waals surface area contributed by atoms with E-state index in [2.05, 4.69) is 17.1 Å². The zero-order valence-electron chi connectivity index (χ0n) is 12.2. The van der Waals surface area contributed by atoms with Crippen LogP contribution in [0.4, 0.5) is 0 Å². The van der Waals surface area contributed by atoms with E-state index in [9.17, 15) is 0 Å². The third-order valence-corrected chi connectivity index (χ3v) is 2.68. The molecule has 0 N–H and O–H groups in total. The number of nitrogens with zero attached hydrogens (tertiary/aromatic N) is 3. The van der Waals surface area contributed by atoms with Crippen molar-refractivity contribution in [2.45, 2.75) is 13.5 Å². The number of hydrogen-bond acceptors (Lipinski definition) is 2. The monoisotopic (exact) mass is 249 g/mol. The number of methoxy groups -OCH3 is 1. The van der Waals surface area contributed by atoms with E-state index in [1.807, 2.05) is 51.0 Å². The van der Waals surface area contributed by atoms with Crippen LogP contribution in [0.15, 0.2) is 23.2 Å². The fourth-order valence-electron chi connectivity index (χ4n) is 1.81. The standard InChI is InChI=1S/C14H23N3O/c1-11-7-8-12(9-13(11)18-6)10-15-14(16(2)3)17(4)5/h7-9H,10H2,1-6H3. The topological polar surface area (TPSA) is 28.1 Å². The van der Waals surface area contributed by atoms with Gasteiger partial charge in [0.05, 0.1) is 13.7 Å². The number of benzene rings is 1. The van der Waals surface area contributed by atoms with Gasteiger partial charge in [0.15, 0.2) is 5.96 Å². The Hall–Kier alpha value is -1.71. The molecule has 0 aromatic heterocycles. The van der Waals surface area contributed by atoms with Gasteiger partial charge in [-0.25, -0.2) is 4.99 Å². The molecule has 1 rings (SSSR count). The van der Waals surface area contributed by atoms with Gasteiger partial charge in [0.1, 0.15) is 5.75 Å². The highest BCUT2D eigenvalue weighted by molar-refractivity contribution is 5.79. The lowest BCUT2D eigenvalue weighted by molar-refractivity contribution is 0.411. The van der Waals surface area contributed by atoms with Crippen LogP contribution >= 0.6 is 0 Å². The highest BCUT2D eigenvalue weighted by Gasteiger charge is 2.05. The molecular formula is C14H23N3O. The molecule has 0 saturated heterocycles. The molecule has 1 aromatic carbocycles. The van der Waals surface area contributed by atoms with E-state index in [0.717, 1.165) is 22.8 Å². The number of rotatable bonds is 3. The summed E-state index contributed by atoms with van der Waals surface area (Å²) in [7, 11) is 9.67. The van der Waals surface area contributed by atoms with Crippen molar-refractivity contribution >= 4 is 5.96 Å². The van der Waals surface area contributed by atoms with Crippen molar-refractivity contribution < 1.29 is 4.74 Å². The summed E-state index contributed by atoms with van der Waals surface area (Å²) in [5.74, 6) is 1.87. The molecule has 0 amide bonds. The maximum absolute atomic E-state index is 5.32. The van der Waals surface area contributed by atoms with E-state index < -0.39 is 0 Å². The summed E-state index contributed by atoms with van der Waals surface area (Å²) < 4.78 is 5.32. The van der Waals surface area contributed by atoms with E-state index in [1.165, 1.54) is 0 Å². The fourth-order valence-corrected chi connectivity index (χ4v) is 1.81. The molecule has 0 spiro atoms. The van der Waals surface area contributed by atoms with E-state index in [1.54, 1.807) is 7.11 Å². The van der Waals surface area contributed by atoms with Crippen LogP contribution in [0.1, 0.15) is 11.1 Å². The average Bonchev–Trinajstić information content (AvgIpc) is 2.30. The lowest BCUT2D eigenvalue weighted by Gasteiger charge is -2.22. The summed E-state index contributed by atoms with van der Waals surface area (Å²) in [6.45, 7) is 2.69. The molecule has 1 aromatic rings. The average molecular weight is 249 g/mol. The van der Waals surface area contributed by atoms with Gasteiger partial charge in [0.2, 0.25) is 0 Å². The van der Waals surface area contributed by atoms with Crippen LogP contribution < -0.4 is 4.74 Å². The predicted octanol–water partition coefficient (Wildman–Crippen LogP) is 1.98. The summed E-state index contributed by atoms with van der Waals surface area (Å²) in [5.41, 5.74) is 2.30.